The molecule has 0 aliphatic rings. The van der Waals surface area contributed by atoms with Gasteiger partial charge in [0, 0.05) is 0 Å². The van der Waals surface area contributed by atoms with Gasteiger partial charge in [-0.25, -0.2) is 9.78 Å². The molecule has 2 N–H and O–H groups in total. The van der Waals surface area contributed by atoms with Gasteiger partial charge in [-0.2, -0.15) is 5.26 Å². The summed E-state index contributed by atoms with van der Waals surface area (Å²) in [5, 5.41) is 8.67. The Morgan fingerprint density at radius 3 is 2.61 bits per heavy atom. The molecule has 1 aromatic heterocycles. The van der Waals surface area contributed by atoms with Crippen LogP contribution >= 0.6 is 0 Å². The third kappa shape index (κ3) is 3.00. The van der Waals surface area contributed by atoms with Crippen LogP contribution in [0.1, 0.15) is 16.1 Å². The topological polar surface area (TPSA) is 98.2 Å². The predicted molar refractivity (Wildman–Crippen MR) is 51.4 cm³/mol. The maximum absolute atomic E-state index is 12.1. The zero-order chi connectivity index (χ0) is 13.9. The van der Waals surface area contributed by atoms with Gasteiger partial charge in [0.15, 0.2) is 5.69 Å². The number of nitrogen functional groups attached to an aromatic ring is 1. The van der Waals surface area contributed by atoms with Crippen molar-refractivity contribution in [3.05, 3.63) is 17.3 Å². The van der Waals surface area contributed by atoms with Crippen LogP contribution in [0.5, 0.6) is 5.88 Å². The lowest BCUT2D eigenvalue weighted by Gasteiger charge is -2.11. The lowest BCUT2D eigenvalue weighted by molar-refractivity contribution is -0.275. The number of esters is 1. The third-order valence-corrected chi connectivity index (χ3v) is 1.75. The first-order chi connectivity index (χ1) is 8.28. The molecule has 0 atom stereocenters. The first-order valence-electron chi connectivity index (χ1n) is 4.33. The summed E-state index contributed by atoms with van der Waals surface area (Å²) in [6.45, 7) is 0. The summed E-state index contributed by atoms with van der Waals surface area (Å²) in [5.74, 6) is -2.08. The van der Waals surface area contributed by atoms with Gasteiger partial charge in [-0.3, -0.25) is 0 Å². The second-order valence-corrected chi connectivity index (χ2v) is 2.93. The third-order valence-electron chi connectivity index (χ3n) is 1.75. The summed E-state index contributed by atoms with van der Waals surface area (Å²) >= 11 is 0. The number of pyridine rings is 1. The molecule has 0 aromatic carbocycles. The Kier molecular flexibility index (Phi) is 3.61. The fourth-order valence-corrected chi connectivity index (χ4v) is 1.02. The van der Waals surface area contributed by atoms with Crippen molar-refractivity contribution >= 4 is 11.7 Å². The van der Waals surface area contributed by atoms with Crippen molar-refractivity contribution < 1.29 is 27.4 Å². The Morgan fingerprint density at radius 2 is 2.17 bits per heavy atom. The lowest BCUT2D eigenvalue weighted by Crippen LogP contribution is -2.20. The van der Waals surface area contributed by atoms with Gasteiger partial charge < -0.3 is 15.2 Å². The molecule has 0 fully saturated rings. The first kappa shape index (κ1) is 13.6. The summed E-state index contributed by atoms with van der Waals surface area (Å²) < 4.78 is 44.0. The van der Waals surface area contributed by atoms with E-state index in [1.165, 1.54) is 6.07 Å². The Hall–Kier alpha value is -2.50. The molecular formula is C9H6F3N3O3. The molecule has 0 spiro atoms. The van der Waals surface area contributed by atoms with Crippen molar-refractivity contribution in [2.24, 2.45) is 0 Å². The highest BCUT2D eigenvalue weighted by Gasteiger charge is 2.33. The SMILES string of the molecule is COC(=O)c1cc(C#N)c(N)c(OC(F)(F)F)n1. The summed E-state index contributed by atoms with van der Waals surface area (Å²) in [7, 11) is 1.01. The largest absolute Gasteiger partial charge is 0.574 e. The molecule has 1 aromatic rings. The van der Waals surface area contributed by atoms with Gasteiger partial charge in [-0.1, -0.05) is 0 Å². The summed E-state index contributed by atoms with van der Waals surface area (Å²) in [4.78, 5) is 14.4. The van der Waals surface area contributed by atoms with E-state index in [1.54, 1.807) is 0 Å². The molecule has 0 amide bonds. The van der Waals surface area contributed by atoms with Crippen LogP contribution in [-0.2, 0) is 4.74 Å². The molecule has 0 aliphatic heterocycles. The molecule has 1 rings (SSSR count). The van der Waals surface area contributed by atoms with Crippen LogP contribution in [0, 0.1) is 11.3 Å². The highest BCUT2D eigenvalue weighted by atomic mass is 19.4. The van der Waals surface area contributed by atoms with E-state index in [4.69, 9.17) is 11.0 Å². The van der Waals surface area contributed by atoms with Gasteiger partial charge >= 0.3 is 12.3 Å². The van der Waals surface area contributed by atoms with E-state index in [9.17, 15) is 18.0 Å². The van der Waals surface area contributed by atoms with Crippen LogP contribution in [0.25, 0.3) is 0 Å². The average Bonchev–Trinajstić information content (AvgIpc) is 2.29. The normalized spacial score (nSPS) is 10.6. The molecule has 0 saturated carbocycles. The fourth-order valence-electron chi connectivity index (χ4n) is 1.02. The van der Waals surface area contributed by atoms with Gasteiger partial charge in [0.2, 0.25) is 5.88 Å². The Balaban J connectivity index is 3.33. The van der Waals surface area contributed by atoms with E-state index in [0.29, 0.717) is 0 Å². The Bertz CT molecular complexity index is 522. The first-order valence-corrected chi connectivity index (χ1v) is 4.33. The molecule has 0 radical (unpaired) electrons. The molecule has 0 bridgehead atoms. The second-order valence-electron chi connectivity index (χ2n) is 2.93. The van der Waals surface area contributed by atoms with Gasteiger partial charge in [0.05, 0.1) is 12.7 Å². The van der Waals surface area contributed by atoms with Gasteiger partial charge in [-0.05, 0) is 6.07 Å². The van der Waals surface area contributed by atoms with E-state index in [-0.39, 0.29) is 5.56 Å². The summed E-state index contributed by atoms with van der Waals surface area (Å²) in [6.07, 6.45) is -5.04. The van der Waals surface area contributed by atoms with E-state index < -0.39 is 29.6 Å². The zero-order valence-electron chi connectivity index (χ0n) is 8.91. The number of halogens is 3. The number of hydrogen-bond donors (Lipinski definition) is 1. The summed E-state index contributed by atoms with van der Waals surface area (Å²) in [5.41, 5.74) is 3.76. The van der Waals surface area contributed by atoms with Crippen molar-refractivity contribution in [3.8, 4) is 11.9 Å². The number of nitrogens with zero attached hydrogens (tertiary/aromatic N) is 2. The average molecular weight is 261 g/mol. The fraction of sp³-hybridized carbons (Fsp3) is 0.222. The smallest absolute Gasteiger partial charge is 0.464 e. The van der Waals surface area contributed by atoms with E-state index in [0.717, 1.165) is 13.2 Å². The number of carbonyl (C=O) groups excluding carboxylic acids is 1. The number of ether oxygens (including phenoxy) is 2. The van der Waals surface area contributed by atoms with E-state index in [2.05, 4.69) is 14.5 Å². The van der Waals surface area contributed by atoms with Crippen molar-refractivity contribution in [2.75, 3.05) is 12.8 Å². The Morgan fingerprint density at radius 1 is 1.56 bits per heavy atom. The highest BCUT2D eigenvalue weighted by molar-refractivity contribution is 5.88. The van der Waals surface area contributed by atoms with Crippen LogP contribution in [0.4, 0.5) is 18.9 Å². The molecule has 9 heteroatoms. The molecule has 6 nitrogen and oxygen atoms in total. The van der Waals surface area contributed by atoms with E-state index in [1.807, 2.05) is 0 Å². The standard InChI is InChI=1S/C9H6F3N3O3/c1-17-8(16)5-2-4(3-13)6(14)7(15-5)18-9(10,11)12/h2H,14H2,1H3. The molecule has 18 heavy (non-hydrogen) atoms. The van der Waals surface area contributed by atoms with Crippen molar-refractivity contribution in [3.63, 3.8) is 0 Å². The maximum atomic E-state index is 12.1. The minimum Gasteiger partial charge on any atom is -0.464 e. The number of anilines is 1. The van der Waals surface area contributed by atoms with Gasteiger partial charge in [0.25, 0.3) is 0 Å². The number of carbonyl (C=O) groups is 1. The van der Waals surface area contributed by atoms with Crippen LogP contribution in [0.2, 0.25) is 0 Å². The molecular weight excluding hydrogens is 255 g/mol. The molecule has 0 aliphatic carbocycles. The number of rotatable bonds is 2. The monoisotopic (exact) mass is 261 g/mol. The lowest BCUT2D eigenvalue weighted by atomic mass is 10.2. The van der Waals surface area contributed by atoms with Crippen LogP contribution in [-0.4, -0.2) is 24.4 Å². The number of hydrogen-bond acceptors (Lipinski definition) is 6. The minimum atomic E-state index is -5.04. The van der Waals surface area contributed by atoms with E-state index >= 15 is 0 Å². The number of methoxy groups -OCH3 is 1. The second kappa shape index (κ2) is 4.79. The zero-order valence-corrected chi connectivity index (χ0v) is 8.91. The van der Waals surface area contributed by atoms with Gasteiger partial charge in [-0.15, -0.1) is 13.2 Å². The summed E-state index contributed by atoms with van der Waals surface area (Å²) in [6, 6.07) is 2.43. The Labute approximate surface area is 98.7 Å². The number of aromatic nitrogens is 1. The van der Waals surface area contributed by atoms with Crippen molar-refractivity contribution in [1.29, 1.82) is 5.26 Å². The minimum absolute atomic E-state index is 0.371. The molecule has 1 heterocycles. The molecule has 0 saturated heterocycles. The van der Waals surface area contributed by atoms with Crippen molar-refractivity contribution in [1.82, 2.24) is 4.98 Å². The number of alkyl halides is 3. The highest BCUT2D eigenvalue weighted by Crippen LogP contribution is 2.29. The number of nitrogens with two attached hydrogens (primary N) is 1. The quantitative estimate of drug-likeness (QED) is 0.803. The number of nitriles is 1. The maximum Gasteiger partial charge on any atom is 0.574 e. The molecule has 0 unspecified atom stereocenters. The molecule has 96 valence electrons. The van der Waals surface area contributed by atoms with Crippen LogP contribution in [0.15, 0.2) is 6.07 Å². The van der Waals surface area contributed by atoms with Crippen LogP contribution < -0.4 is 10.5 Å². The predicted octanol–water partition coefficient (Wildman–Crippen LogP) is 1.22. The van der Waals surface area contributed by atoms with Crippen molar-refractivity contribution in [2.45, 2.75) is 6.36 Å². The van der Waals surface area contributed by atoms with Crippen LogP contribution in [0.3, 0.4) is 0 Å². The van der Waals surface area contributed by atoms with Gasteiger partial charge in [0.1, 0.15) is 11.8 Å².